The molecule has 9 heteroatoms. The number of nitrogens with one attached hydrogen (secondary N) is 1. The van der Waals surface area contributed by atoms with Gasteiger partial charge in [0.1, 0.15) is 4.88 Å². The number of aryl methyl sites for hydroxylation is 1. The third-order valence-corrected chi connectivity index (χ3v) is 5.38. The molecule has 3 aromatic heterocycles. The SMILES string of the molecule is Cc1ncsc1C(=O)N(Cc1cc(=O)[nH]c2c(F)c(F)ccc12)c1cccnc1. The number of H-pyrrole nitrogens is 1. The molecule has 4 aromatic rings. The first kappa shape index (κ1) is 18.9. The number of aromatic amines is 1. The lowest BCUT2D eigenvalue weighted by atomic mass is 10.1. The van der Waals surface area contributed by atoms with Gasteiger partial charge in [-0.2, -0.15) is 0 Å². The summed E-state index contributed by atoms with van der Waals surface area (Å²) in [4.78, 5) is 37.7. The van der Waals surface area contributed by atoms with Crippen LogP contribution in [0.2, 0.25) is 0 Å². The molecule has 0 spiro atoms. The number of halogens is 2. The van der Waals surface area contributed by atoms with Gasteiger partial charge in [-0.25, -0.2) is 13.8 Å². The fourth-order valence-corrected chi connectivity index (χ4v) is 3.81. The Balaban J connectivity index is 1.86. The van der Waals surface area contributed by atoms with Crippen LogP contribution in [-0.2, 0) is 6.54 Å². The Hall–Kier alpha value is -3.46. The molecule has 0 atom stereocenters. The van der Waals surface area contributed by atoms with Gasteiger partial charge in [-0.3, -0.25) is 14.6 Å². The molecule has 0 radical (unpaired) electrons. The maximum atomic E-state index is 14.2. The van der Waals surface area contributed by atoms with E-state index in [-0.39, 0.29) is 18.0 Å². The molecule has 0 aliphatic heterocycles. The number of amides is 1. The van der Waals surface area contributed by atoms with Gasteiger partial charge < -0.3 is 9.88 Å². The van der Waals surface area contributed by atoms with Crippen LogP contribution in [0, 0.1) is 18.6 Å². The molecule has 29 heavy (non-hydrogen) atoms. The summed E-state index contributed by atoms with van der Waals surface area (Å²) in [6, 6.07) is 7.03. The predicted molar refractivity (Wildman–Crippen MR) is 106 cm³/mol. The van der Waals surface area contributed by atoms with Crippen molar-refractivity contribution in [2.24, 2.45) is 0 Å². The zero-order valence-corrected chi connectivity index (χ0v) is 16.0. The molecule has 1 aromatic carbocycles. The second-order valence-electron chi connectivity index (χ2n) is 6.31. The van der Waals surface area contributed by atoms with E-state index in [0.29, 0.717) is 27.2 Å². The number of hydrogen-bond donors (Lipinski definition) is 1. The molecule has 1 amide bonds. The Morgan fingerprint density at radius 1 is 1.28 bits per heavy atom. The summed E-state index contributed by atoms with van der Waals surface area (Å²) in [5.74, 6) is -2.53. The first-order chi connectivity index (χ1) is 14.0. The monoisotopic (exact) mass is 412 g/mol. The van der Waals surface area contributed by atoms with Gasteiger partial charge in [0.05, 0.1) is 35.2 Å². The van der Waals surface area contributed by atoms with Gasteiger partial charge in [-0.1, -0.05) is 0 Å². The quantitative estimate of drug-likeness (QED) is 0.553. The molecule has 3 heterocycles. The lowest BCUT2D eigenvalue weighted by Crippen LogP contribution is -2.31. The van der Waals surface area contributed by atoms with Crippen LogP contribution in [0.5, 0.6) is 0 Å². The average molecular weight is 412 g/mol. The number of rotatable bonds is 4. The Morgan fingerprint density at radius 2 is 2.10 bits per heavy atom. The van der Waals surface area contributed by atoms with Crippen LogP contribution in [0.25, 0.3) is 10.9 Å². The number of aromatic nitrogens is 3. The van der Waals surface area contributed by atoms with Crippen molar-refractivity contribution in [1.82, 2.24) is 15.0 Å². The lowest BCUT2D eigenvalue weighted by Gasteiger charge is -2.23. The Kier molecular flexibility index (Phi) is 4.89. The van der Waals surface area contributed by atoms with E-state index < -0.39 is 17.2 Å². The van der Waals surface area contributed by atoms with Crippen LogP contribution in [0.1, 0.15) is 20.9 Å². The predicted octanol–water partition coefficient (Wildman–Crippen LogP) is 3.81. The number of benzene rings is 1. The first-order valence-corrected chi connectivity index (χ1v) is 9.45. The fourth-order valence-electron chi connectivity index (χ4n) is 3.06. The van der Waals surface area contributed by atoms with E-state index in [1.807, 2.05) is 0 Å². The van der Waals surface area contributed by atoms with Gasteiger partial charge in [0.15, 0.2) is 11.6 Å². The van der Waals surface area contributed by atoms with E-state index in [2.05, 4.69) is 15.0 Å². The maximum absolute atomic E-state index is 14.2. The van der Waals surface area contributed by atoms with Crippen molar-refractivity contribution in [2.45, 2.75) is 13.5 Å². The fraction of sp³-hybridized carbons (Fsp3) is 0.100. The van der Waals surface area contributed by atoms with Crippen LogP contribution in [0.3, 0.4) is 0 Å². The van der Waals surface area contributed by atoms with Crippen LogP contribution in [0.15, 0.2) is 53.0 Å². The van der Waals surface area contributed by atoms with E-state index >= 15 is 0 Å². The van der Waals surface area contributed by atoms with Crippen molar-refractivity contribution >= 4 is 33.8 Å². The molecule has 1 N–H and O–H groups in total. The summed E-state index contributed by atoms with van der Waals surface area (Å²) in [7, 11) is 0. The standard InChI is InChI=1S/C20H14F2N4O2S/c1-11-19(29-10-24-11)20(28)26(13-3-2-6-23-8-13)9-12-7-16(27)25-18-14(12)4-5-15(21)17(18)22/h2-8,10H,9H2,1H3,(H,25,27). The highest BCUT2D eigenvalue weighted by Crippen LogP contribution is 2.26. The summed E-state index contributed by atoms with van der Waals surface area (Å²) < 4.78 is 27.8. The minimum atomic E-state index is -1.14. The van der Waals surface area contributed by atoms with E-state index in [1.54, 1.807) is 30.8 Å². The number of carbonyl (C=O) groups is 1. The maximum Gasteiger partial charge on any atom is 0.270 e. The Bertz CT molecular complexity index is 1270. The molecule has 146 valence electrons. The topological polar surface area (TPSA) is 79.0 Å². The first-order valence-electron chi connectivity index (χ1n) is 8.57. The molecule has 0 fully saturated rings. The van der Waals surface area contributed by atoms with Crippen LogP contribution in [-0.4, -0.2) is 20.9 Å². The van der Waals surface area contributed by atoms with Crippen LogP contribution >= 0.6 is 11.3 Å². The van der Waals surface area contributed by atoms with Crippen molar-refractivity contribution in [3.8, 4) is 0 Å². The number of thiazole rings is 1. The molecular weight excluding hydrogens is 398 g/mol. The molecule has 0 unspecified atom stereocenters. The largest absolute Gasteiger partial charge is 0.319 e. The van der Waals surface area contributed by atoms with Gasteiger partial charge in [0.2, 0.25) is 5.56 Å². The number of anilines is 1. The number of fused-ring (bicyclic) bond motifs is 1. The minimum absolute atomic E-state index is 0.0344. The smallest absolute Gasteiger partial charge is 0.270 e. The molecule has 0 aliphatic carbocycles. The van der Waals surface area contributed by atoms with Gasteiger partial charge in [-0.15, -0.1) is 11.3 Å². The number of nitrogens with zero attached hydrogens (tertiary/aromatic N) is 3. The molecule has 4 rings (SSSR count). The van der Waals surface area contributed by atoms with Crippen molar-refractivity contribution in [3.05, 3.63) is 86.4 Å². The molecule has 0 bridgehead atoms. The van der Waals surface area contributed by atoms with Crippen molar-refractivity contribution < 1.29 is 13.6 Å². The summed E-state index contributed by atoms with van der Waals surface area (Å²) in [6.07, 6.45) is 3.09. The van der Waals surface area contributed by atoms with Gasteiger partial charge in [0, 0.05) is 17.6 Å². The molecule has 0 aliphatic rings. The van der Waals surface area contributed by atoms with Crippen LogP contribution in [0.4, 0.5) is 14.5 Å². The summed E-state index contributed by atoms with van der Waals surface area (Å²) in [5, 5.41) is 0.311. The summed E-state index contributed by atoms with van der Waals surface area (Å²) in [5.41, 5.74) is 2.20. The van der Waals surface area contributed by atoms with E-state index in [1.165, 1.54) is 34.6 Å². The zero-order chi connectivity index (χ0) is 20.5. The highest BCUT2D eigenvalue weighted by molar-refractivity contribution is 7.12. The van der Waals surface area contributed by atoms with Gasteiger partial charge in [-0.05, 0) is 36.8 Å². The van der Waals surface area contributed by atoms with Crippen molar-refractivity contribution in [2.75, 3.05) is 4.90 Å². The van der Waals surface area contributed by atoms with Crippen molar-refractivity contribution in [1.29, 1.82) is 0 Å². The highest BCUT2D eigenvalue weighted by atomic mass is 32.1. The third kappa shape index (κ3) is 3.52. The van der Waals surface area contributed by atoms with Crippen LogP contribution < -0.4 is 10.5 Å². The van der Waals surface area contributed by atoms with E-state index in [9.17, 15) is 18.4 Å². The average Bonchev–Trinajstić information content (AvgIpc) is 3.15. The zero-order valence-electron chi connectivity index (χ0n) is 15.1. The number of pyridine rings is 2. The summed E-state index contributed by atoms with van der Waals surface area (Å²) in [6.45, 7) is 1.69. The molecule has 0 saturated carbocycles. The molecule has 0 saturated heterocycles. The highest BCUT2D eigenvalue weighted by Gasteiger charge is 2.23. The third-order valence-electron chi connectivity index (χ3n) is 4.47. The molecule has 6 nitrogen and oxygen atoms in total. The number of carbonyl (C=O) groups excluding carboxylic acids is 1. The summed E-state index contributed by atoms with van der Waals surface area (Å²) >= 11 is 1.20. The normalized spacial score (nSPS) is 11.0. The Morgan fingerprint density at radius 3 is 2.79 bits per heavy atom. The van der Waals surface area contributed by atoms with Gasteiger partial charge >= 0.3 is 0 Å². The van der Waals surface area contributed by atoms with E-state index in [4.69, 9.17) is 0 Å². The van der Waals surface area contributed by atoms with Gasteiger partial charge in [0.25, 0.3) is 5.91 Å². The van der Waals surface area contributed by atoms with Crippen molar-refractivity contribution in [3.63, 3.8) is 0 Å². The second-order valence-corrected chi connectivity index (χ2v) is 7.17. The second kappa shape index (κ2) is 7.51. The van der Waals surface area contributed by atoms with E-state index in [0.717, 1.165) is 6.07 Å². The Labute approximate surface area is 167 Å². The minimum Gasteiger partial charge on any atom is -0.319 e. The molecular formula is C20H14F2N4O2S. The lowest BCUT2D eigenvalue weighted by molar-refractivity contribution is 0.0988. The number of hydrogen-bond acceptors (Lipinski definition) is 5.